The van der Waals surface area contributed by atoms with E-state index >= 15 is 0 Å². The van der Waals surface area contributed by atoms with Crippen molar-refractivity contribution in [3.05, 3.63) is 0 Å². The predicted molar refractivity (Wildman–Crippen MR) is 67.8 cm³/mol. The highest BCUT2D eigenvalue weighted by Crippen LogP contribution is 2.40. The van der Waals surface area contributed by atoms with E-state index in [1.807, 2.05) is 0 Å². The molecule has 0 spiro atoms. The topological polar surface area (TPSA) is 58.7 Å². The summed E-state index contributed by atoms with van der Waals surface area (Å²) in [6.45, 7) is 9.11. The quantitative estimate of drug-likeness (QED) is 0.757. The van der Waals surface area contributed by atoms with E-state index in [2.05, 4.69) is 25.7 Å². The molecule has 17 heavy (non-hydrogen) atoms. The maximum atomic E-state index is 10.6. The van der Waals surface area contributed by atoms with Crippen LogP contribution in [0.5, 0.6) is 0 Å². The third-order valence-corrected chi connectivity index (χ3v) is 3.83. The average Bonchev–Trinajstić information content (AvgIpc) is 2.96. The number of nitrogens with two attached hydrogens (primary N) is 1. The fraction of sp³-hybridized carbons (Fsp3) is 1.00. The van der Waals surface area contributed by atoms with Crippen LogP contribution in [0, 0.1) is 5.92 Å². The molecule has 4 nitrogen and oxygen atoms in total. The molecule has 3 N–H and O–H groups in total. The highest BCUT2D eigenvalue weighted by Gasteiger charge is 2.45. The molecule has 2 fully saturated rings. The van der Waals surface area contributed by atoms with Crippen molar-refractivity contribution in [1.29, 1.82) is 0 Å². The number of β-amino-alcohol motifs (C(OH)–C–C–N with tert-alkyl or cyclic N) is 1. The fourth-order valence-corrected chi connectivity index (χ4v) is 3.07. The van der Waals surface area contributed by atoms with Crippen LogP contribution in [0.25, 0.3) is 0 Å². The molecule has 1 saturated carbocycles. The van der Waals surface area contributed by atoms with Crippen molar-refractivity contribution in [2.75, 3.05) is 26.2 Å². The molecule has 2 aliphatic rings. The van der Waals surface area contributed by atoms with Crippen molar-refractivity contribution in [2.45, 2.75) is 50.9 Å². The van der Waals surface area contributed by atoms with Crippen molar-refractivity contribution in [2.24, 2.45) is 11.7 Å². The minimum absolute atomic E-state index is 0.128. The first-order valence-electron chi connectivity index (χ1n) is 6.67. The molecule has 1 saturated heterocycles. The normalized spacial score (nSPS) is 33.4. The van der Waals surface area contributed by atoms with Crippen LogP contribution in [0.2, 0.25) is 0 Å². The van der Waals surface area contributed by atoms with Crippen LogP contribution >= 0.6 is 0 Å². The molecule has 0 amide bonds. The van der Waals surface area contributed by atoms with Crippen LogP contribution in [0.3, 0.4) is 0 Å². The lowest BCUT2D eigenvalue weighted by atomic mass is 9.95. The van der Waals surface area contributed by atoms with Gasteiger partial charge in [0, 0.05) is 26.2 Å². The summed E-state index contributed by atoms with van der Waals surface area (Å²) in [5.74, 6) is 0.411. The molecule has 1 aliphatic heterocycles. The van der Waals surface area contributed by atoms with Crippen molar-refractivity contribution in [3.63, 3.8) is 0 Å². The summed E-state index contributed by atoms with van der Waals surface area (Å²) in [4.78, 5) is 2.30. The summed E-state index contributed by atoms with van der Waals surface area (Å²) >= 11 is 0. The summed E-state index contributed by atoms with van der Waals surface area (Å²) in [6, 6.07) is 0. The lowest BCUT2D eigenvalue weighted by Crippen LogP contribution is -2.58. The average molecular weight is 242 g/mol. The Kier molecular flexibility index (Phi) is 3.51. The first-order chi connectivity index (χ1) is 7.85. The number of morpholine rings is 1. The van der Waals surface area contributed by atoms with Gasteiger partial charge in [0.25, 0.3) is 0 Å². The zero-order valence-electron chi connectivity index (χ0n) is 11.3. The predicted octanol–water partition coefficient (Wildman–Crippen LogP) is 0.586. The van der Waals surface area contributed by atoms with E-state index in [0.717, 1.165) is 25.9 Å². The Labute approximate surface area is 104 Å². The number of hydrogen-bond acceptors (Lipinski definition) is 4. The first-order valence-corrected chi connectivity index (χ1v) is 6.67. The number of hydrogen-bond donors (Lipinski definition) is 2. The summed E-state index contributed by atoms with van der Waals surface area (Å²) < 4.78 is 5.87. The Hall–Kier alpha value is -0.160. The lowest BCUT2D eigenvalue weighted by molar-refractivity contribution is -0.143. The Morgan fingerprint density at radius 2 is 2.12 bits per heavy atom. The van der Waals surface area contributed by atoms with Crippen molar-refractivity contribution < 1.29 is 9.84 Å². The maximum absolute atomic E-state index is 10.6. The number of aliphatic hydroxyl groups is 1. The smallest absolute Gasteiger partial charge is 0.0923 e. The van der Waals surface area contributed by atoms with Crippen molar-refractivity contribution >= 4 is 0 Å². The molecular weight excluding hydrogens is 216 g/mol. The highest BCUT2D eigenvalue weighted by atomic mass is 16.5. The third kappa shape index (κ3) is 3.19. The Balaban J connectivity index is 1.97. The third-order valence-electron chi connectivity index (χ3n) is 3.83. The van der Waals surface area contributed by atoms with E-state index in [-0.39, 0.29) is 11.7 Å². The standard InChI is InChI=1S/C13H26N2O2/c1-10-6-15(8-12(2,3)17-10)9-13(16,7-14)11-4-5-11/h10-11,16H,4-9,14H2,1-3H3. The molecule has 1 aliphatic carbocycles. The van der Waals surface area contributed by atoms with Crippen LogP contribution < -0.4 is 5.73 Å². The molecule has 0 bridgehead atoms. The summed E-state index contributed by atoms with van der Waals surface area (Å²) in [5.41, 5.74) is 4.94. The number of nitrogens with zero attached hydrogens (tertiary/aromatic N) is 1. The largest absolute Gasteiger partial charge is 0.387 e. The van der Waals surface area contributed by atoms with E-state index in [1.165, 1.54) is 0 Å². The van der Waals surface area contributed by atoms with Crippen LogP contribution in [0.4, 0.5) is 0 Å². The minimum Gasteiger partial charge on any atom is -0.387 e. The van der Waals surface area contributed by atoms with Gasteiger partial charge in [0.05, 0.1) is 17.3 Å². The molecule has 0 aromatic heterocycles. The van der Waals surface area contributed by atoms with Gasteiger partial charge in [-0.05, 0) is 39.5 Å². The van der Waals surface area contributed by atoms with Gasteiger partial charge in [-0.2, -0.15) is 0 Å². The highest BCUT2D eigenvalue weighted by molar-refractivity contribution is 4.99. The van der Waals surface area contributed by atoms with Gasteiger partial charge in [-0.25, -0.2) is 0 Å². The fourth-order valence-electron chi connectivity index (χ4n) is 3.07. The molecule has 2 rings (SSSR count). The van der Waals surface area contributed by atoms with E-state index in [9.17, 15) is 5.11 Å². The van der Waals surface area contributed by atoms with Crippen molar-refractivity contribution in [1.82, 2.24) is 4.90 Å². The summed E-state index contributed by atoms with van der Waals surface area (Å²) in [7, 11) is 0. The monoisotopic (exact) mass is 242 g/mol. The Morgan fingerprint density at radius 1 is 1.47 bits per heavy atom. The SMILES string of the molecule is CC1CN(CC(O)(CN)C2CC2)CC(C)(C)O1. The number of rotatable bonds is 4. The molecule has 0 aromatic rings. The van der Waals surface area contributed by atoms with Crippen LogP contribution in [0.15, 0.2) is 0 Å². The Bertz CT molecular complexity index is 279. The van der Waals surface area contributed by atoms with Gasteiger partial charge in [0.1, 0.15) is 0 Å². The second-order valence-corrected chi connectivity index (χ2v) is 6.44. The number of ether oxygens (including phenoxy) is 1. The molecule has 4 heteroatoms. The van der Waals surface area contributed by atoms with E-state index in [4.69, 9.17) is 10.5 Å². The van der Waals surface area contributed by atoms with Gasteiger partial charge < -0.3 is 15.6 Å². The second-order valence-electron chi connectivity index (χ2n) is 6.44. The lowest BCUT2D eigenvalue weighted by Gasteiger charge is -2.44. The van der Waals surface area contributed by atoms with Gasteiger partial charge in [-0.3, -0.25) is 4.90 Å². The minimum atomic E-state index is -0.687. The second kappa shape index (κ2) is 4.50. The van der Waals surface area contributed by atoms with Crippen LogP contribution in [-0.4, -0.2) is 53.5 Å². The summed E-state index contributed by atoms with van der Waals surface area (Å²) in [5, 5.41) is 10.6. The van der Waals surface area contributed by atoms with Crippen LogP contribution in [-0.2, 0) is 4.74 Å². The van der Waals surface area contributed by atoms with Gasteiger partial charge in [-0.15, -0.1) is 0 Å². The molecule has 100 valence electrons. The summed E-state index contributed by atoms with van der Waals surface area (Å²) in [6.07, 6.45) is 2.47. The zero-order chi connectivity index (χ0) is 12.7. The molecular formula is C13H26N2O2. The van der Waals surface area contributed by atoms with E-state index < -0.39 is 5.60 Å². The van der Waals surface area contributed by atoms with Gasteiger partial charge in [-0.1, -0.05) is 0 Å². The zero-order valence-corrected chi connectivity index (χ0v) is 11.3. The molecule has 0 aromatic carbocycles. The van der Waals surface area contributed by atoms with Crippen molar-refractivity contribution in [3.8, 4) is 0 Å². The van der Waals surface area contributed by atoms with E-state index in [0.29, 0.717) is 19.0 Å². The molecule has 2 unspecified atom stereocenters. The Morgan fingerprint density at radius 3 is 2.59 bits per heavy atom. The first kappa shape index (κ1) is 13.3. The van der Waals surface area contributed by atoms with Gasteiger partial charge in [0.2, 0.25) is 0 Å². The molecule has 2 atom stereocenters. The maximum Gasteiger partial charge on any atom is 0.0923 e. The molecule has 0 radical (unpaired) electrons. The van der Waals surface area contributed by atoms with Crippen LogP contribution in [0.1, 0.15) is 33.6 Å². The van der Waals surface area contributed by atoms with E-state index in [1.54, 1.807) is 0 Å². The molecule has 1 heterocycles. The van der Waals surface area contributed by atoms with Gasteiger partial charge in [0.15, 0.2) is 0 Å². The van der Waals surface area contributed by atoms with Gasteiger partial charge >= 0.3 is 0 Å².